The van der Waals surface area contributed by atoms with E-state index in [1.54, 1.807) is 18.4 Å². The van der Waals surface area contributed by atoms with Crippen LogP contribution >= 0.6 is 11.3 Å². The number of hydrogen-bond donors (Lipinski definition) is 0. The minimum absolute atomic E-state index is 0.294. The zero-order valence-electron chi connectivity index (χ0n) is 10.9. The summed E-state index contributed by atoms with van der Waals surface area (Å²) in [6, 6.07) is 5.07. The van der Waals surface area contributed by atoms with Gasteiger partial charge in [-0.05, 0) is 36.1 Å². The minimum Gasteiger partial charge on any atom is -0.267 e. The lowest BCUT2D eigenvalue weighted by Gasteiger charge is -2.02. The molecule has 3 aromatic rings. The summed E-state index contributed by atoms with van der Waals surface area (Å²) in [6.07, 6.45) is 1.29. The summed E-state index contributed by atoms with van der Waals surface area (Å²) >= 11 is 1.37. The van der Waals surface area contributed by atoms with E-state index in [9.17, 15) is 13.6 Å². The van der Waals surface area contributed by atoms with E-state index in [0.717, 1.165) is 16.8 Å². The van der Waals surface area contributed by atoms with Crippen molar-refractivity contribution in [2.45, 2.75) is 6.92 Å². The van der Waals surface area contributed by atoms with Gasteiger partial charge in [0.1, 0.15) is 10.7 Å². The lowest BCUT2D eigenvalue weighted by atomic mass is 10.2. The van der Waals surface area contributed by atoms with E-state index in [4.69, 9.17) is 0 Å². The number of hydrogen-bond acceptors (Lipinski definition) is 4. The molecule has 0 aliphatic carbocycles. The first-order chi connectivity index (χ1) is 10.1. The molecule has 0 amide bonds. The number of nitrogens with zero attached hydrogens (tertiary/aromatic N) is 3. The van der Waals surface area contributed by atoms with Gasteiger partial charge in [-0.2, -0.15) is 9.78 Å². The second-order valence-electron chi connectivity index (χ2n) is 4.33. The molecule has 1 aromatic carbocycles. The van der Waals surface area contributed by atoms with Crippen molar-refractivity contribution in [3.8, 4) is 0 Å². The highest BCUT2D eigenvalue weighted by Gasteiger charge is 2.08. The number of thiophene rings is 1. The average molecular weight is 305 g/mol. The van der Waals surface area contributed by atoms with Gasteiger partial charge in [-0.1, -0.05) is 6.07 Å². The Morgan fingerprint density at radius 2 is 2.10 bits per heavy atom. The van der Waals surface area contributed by atoms with Crippen LogP contribution in [0.15, 0.2) is 39.5 Å². The summed E-state index contributed by atoms with van der Waals surface area (Å²) in [5, 5.41) is 6.27. The van der Waals surface area contributed by atoms with Crippen LogP contribution in [0.1, 0.15) is 11.4 Å². The summed E-state index contributed by atoms with van der Waals surface area (Å²) in [6.45, 7) is 1.66. The number of aromatic nitrogens is 2. The number of halogens is 2. The molecule has 0 radical (unpaired) electrons. The number of rotatable bonds is 2. The fraction of sp³-hybridized carbons (Fsp3) is 0.0714. The molecule has 106 valence electrons. The van der Waals surface area contributed by atoms with Crippen molar-refractivity contribution < 1.29 is 8.78 Å². The van der Waals surface area contributed by atoms with E-state index in [1.165, 1.54) is 23.6 Å². The molecule has 0 fully saturated rings. The van der Waals surface area contributed by atoms with Crippen molar-refractivity contribution in [3.63, 3.8) is 0 Å². The monoisotopic (exact) mass is 305 g/mol. The van der Waals surface area contributed by atoms with Crippen LogP contribution in [0, 0.1) is 18.6 Å². The first-order valence-corrected chi connectivity index (χ1v) is 6.90. The van der Waals surface area contributed by atoms with Crippen LogP contribution in [-0.2, 0) is 0 Å². The fourth-order valence-corrected chi connectivity index (χ4v) is 2.66. The predicted molar refractivity (Wildman–Crippen MR) is 78.0 cm³/mol. The SMILES string of the molecule is Cc1nc2sccc2c(=O)n1/N=C\c1ccc(F)c(F)c1. The molecule has 0 N–H and O–H groups in total. The van der Waals surface area contributed by atoms with Crippen LogP contribution in [0.25, 0.3) is 10.2 Å². The molecule has 0 unspecified atom stereocenters. The van der Waals surface area contributed by atoms with Crippen molar-refractivity contribution in [2.75, 3.05) is 0 Å². The van der Waals surface area contributed by atoms with Gasteiger partial charge < -0.3 is 0 Å². The molecular formula is C14H9F2N3OS. The van der Waals surface area contributed by atoms with E-state index in [0.29, 0.717) is 21.6 Å². The average Bonchev–Trinajstić information content (AvgIpc) is 2.90. The molecule has 3 rings (SSSR count). The predicted octanol–water partition coefficient (Wildman–Crippen LogP) is 2.93. The smallest absolute Gasteiger partial charge is 0.267 e. The Morgan fingerprint density at radius 1 is 1.29 bits per heavy atom. The Labute approximate surface area is 122 Å². The van der Waals surface area contributed by atoms with Gasteiger partial charge in [0.05, 0.1) is 11.6 Å². The summed E-state index contributed by atoms with van der Waals surface area (Å²) in [5.74, 6) is -1.47. The maximum Gasteiger partial charge on any atom is 0.282 e. The topological polar surface area (TPSA) is 47.2 Å². The van der Waals surface area contributed by atoms with Gasteiger partial charge in [-0.15, -0.1) is 11.3 Å². The molecule has 2 heterocycles. The van der Waals surface area contributed by atoms with Gasteiger partial charge >= 0.3 is 0 Å². The second kappa shape index (κ2) is 5.17. The first-order valence-electron chi connectivity index (χ1n) is 6.02. The summed E-state index contributed by atoms with van der Waals surface area (Å²) in [7, 11) is 0. The normalized spacial score (nSPS) is 11.6. The molecule has 21 heavy (non-hydrogen) atoms. The van der Waals surface area contributed by atoms with Crippen LogP contribution in [0.4, 0.5) is 8.78 Å². The van der Waals surface area contributed by atoms with Gasteiger partial charge in [0, 0.05) is 0 Å². The van der Waals surface area contributed by atoms with E-state index < -0.39 is 11.6 Å². The van der Waals surface area contributed by atoms with Crippen molar-refractivity contribution >= 4 is 27.8 Å². The van der Waals surface area contributed by atoms with Crippen molar-refractivity contribution in [1.82, 2.24) is 9.66 Å². The molecular weight excluding hydrogens is 296 g/mol. The Bertz CT molecular complexity index is 914. The largest absolute Gasteiger partial charge is 0.282 e. The highest BCUT2D eigenvalue weighted by atomic mass is 32.1. The van der Waals surface area contributed by atoms with Crippen LogP contribution < -0.4 is 5.56 Å². The second-order valence-corrected chi connectivity index (χ2v) is 5.23. The van der Waals surface area contributed by atoms with Crippen molar-refractivity contribution in [1.29, 1.82) is 0 Å². The molecule has 0 saturated heterocycles. The third-order valence-corrected chi connectivity index (χ3v) is 3.71. The highest BCUT2D eigenvalue weighted by Crippen LogP contribution is 2.15. The van der Waals surface area contributed by atoms with E-state index >= 15 is 0 Å². The fourth-order valence-electron chi connectivity index (χ4n) is 1.86. The van der Waals surface area contributed by atoms with Crippen molar-refractivity contribution in [2.24, 2.45) is 5.10 Å². The van der Waals surface area contributed by atoms with Gasteiger partial charge in [0.25, 0.3) is 5.56 Å². The Hall–Kier alpha value is -2.41. The third kappa shape index (κ3) is 2.47. The van der Waals surface area contributed by atoms with E-state index in [1.807, 2.05) is 0 Å². The molecule has 2 aromatic heterocycles. The Kier molecular flexibility index (Phi) is 3.34. The number of benzene rings is 1. The quantitative estimate of drug-likeness (QED) is 0.683. The van der Waals surface area contributed by atoms with Crippen molar-refractivity contribution in [3.05, 3.63) is 63.0 Å². The number of aryl methyl sites for hydroxylation is 1. The van der Waals surface area contributed by atoms with Crippen LogP contribution in [0.3, 0.4) is 0 Å². The highest BCUT2D eigenvalue weighted by molar-refractivity contribution is 7.16. The lowest BCUT2D eigenvalue weighted by Crippen LogP contribution is -2.19. The molecule has 0 aliphatic heterocycles. The van der Waals surface area contributed by atoms with E-state index in [2.05, 4.69) is 10.1 Å². The molecule has 7 heteroatoms. The zero-order chi connectivity index (χ0) is 15.0. The lowest BCUT2D eigenvalue weighted by molar-refractivity contribution is 0.508. The molecule has 0 aliphatic rings. The molecule has 0 spiro atoms. The van der Waals surface area contributed by atoms with Gasteiger partial charge in [-0.3, -0.25) is 4.79 Å². The standard InChI is InChI=1S/C14H9F2N3OS/c1-8-18-13-10(4-5-21-13)14(20)19(8)17-7-9-2-3-11(15)12(16)6-9/h2-7H,1H3/b17-7-. The first kappa shape index (κ1) is 13.6. The third-order valence-electron chi connectivity index (χ3n) is 2.90. The summed E-state index contributed by atoms with van der Waals surface area (Å²) < 4.78 is 27.1. The Morgan fingerprint density at radius 3 is 2.86 bits per heavy atom. The molecule has 0 atom stereocenters. The van der Waals surface area contributed by atoms with E-state index in [-0.39, 0.29) is 5.56 Å². The summed E-state index contributed by atoms with van der Waals surface area (Å²) in [4.78, 5) is 17.2. The zero-order valence-corrected chi connectivity index (χ0v) is 11.7. The minimum atomic E-state index is -0.963. The molecule has 4 nitrogen and oxygen atoms in total. The van der Waals surface area contributed by atoms with Gasteiger partial charge in [-0.25, -0.2) is 13.8 Å². The maximum atomic E-state index is 13.1. The van der Waals surface area contributed by atoms with Crippen LogP contribution in [-0.4, -0.2) is 15.9 Å². The number of fused-ring (bicyclic) bond motifs is 1. The van der Waals surface area contributed by atoms with Crippen LogP contribution in [0.5, 0.6) is 0 Å². The summed E-state index contributed by atoms with van der Waals surface area (Å²) in [5.41, 5.74) is 0.0585. The van der Waals surface area contributed by atoms with Crippen LogP contribution in [0.2, 0.25) is 0 Å². The van der Waals surface area contributed by atoms with Gasteiger partial charge in [0.15, 0.2) is 11.6 Å². The maximum absolute atomic E-state index is 13.1. The molecule has 0 bridgehead atoms. The molecule has 0 saturated carbocycles. The Balaban J connectivity index is 2.06. The van der Waals surface area contributed by atoms with Gasteiger partial charge in [0.2, 0.25) is 0 Å².